The molecule has 0 spiro atoms. The van der Waals surface area contributed by atoms with E-state index in [0.29, 0.717) is 41.6 Å². The van der Waals surface area contributed by atoms with Crippen LogP contribution >= 0.6 is 0 Å². The van der Waals surface area contributed by atoms with E-state index in [1.807, 2.05) is 25.8 Å². The van der Waals surface area contributed by atoms with Gasteiger partial charge in [0.1, 0.15) is 5.75 Å². The van der Waals surface area contributed by atoms with Crippen LogP contribution in [0.1, 0.15) is 29.8 Å². The number of aromatic nitrogens is 4. The van der Waals surface area contributed by atoms with Gasteiger partial charge in [0, 0.05) is 37.5 Å². The van der Waals surface area contributed by atoms with Gasteiger partial charge >= 0.3 is 6.18 Å². The molecule has 1 saturated heterocycles. The van der Waals surface area contributed by atoms with Gasteiger partial charge in [0.05, 0.1) is 24.1 Å². The number of ether oxygens (including phenoxy) is 2. The number of imidazole rings is 1. The van der Waals surface area contributed by atoms with Crippen LogP contribution < -0.4 is 15.0 Å². The number of morpholine rings is 1. The van der Waals surface area contributed by atoms with Crippen molar-refractivity contribution in [1.29, 1.82) is 0 Å². The van der Waals surface area contributed by atoms with Gasteiger partial charge in [0.25, 0.3) is 11.8 Å². The Labute approximate surface area is 216 Å². The Morgan fingerprint density at radius 3 is 2.55 bits per heavy atom. The minimum atomic E-state index is -4.55. The summed E-state index contributed by atoms with van der Waals surface area (Å²) in [4.78, 5) is 28.4. The number of nitrogens with zero attached hydrogens (tertiary/aromatic N) is 5. The van der Waals surface area contributed by atoms with Crippen molar-refractivity contribution in [1.82, 2.24) is 19.5 Å². The maximum absolute atomic E-state index is 13.0. The molecule has 1 fully saturated rings. The molecule has 1 aliphatic rings. The highest BCUT2D eigenvalue weighted by molar-refractivity contribution is 6.04. The van der Waals surface area contributed by atoms with Crippen LogP contribution in [0.3, 0.4) is 0 Å². The zero-order valence-electron chi connectivity index (χ0n) is 20.9. The van der Waals surface area contributed by atoms with Crippen LogP contribution in [0, 0.1) is 0 Å². The highest BCUT2D eigenvalue weighted by Gasteiger charge is 2.31. The van der Waals surface area contributed by atoms with E-state index in [1.165, 1.54) is 12.1 Å². The minimum absolute atomic E-state index is 0.00562. The van der Waals surface area contributed by atoms with E-state index in [0.717, 1.165) is 12.1 Å². The first-order chi connectivity index (χ1) is 18.1. The molecule has 0 bridgehead atoms. The van der Waals surface area contributed by atoms with Crippen LogP contribution in [0.5, 0.6) is 11.6 Å². The molecule has 4 aromatic rings. The molecule has 5 rings (SSSR count). The number of benzene rings is 2. The van der Waals surface area contributed by atoms with Crippen LogP contribution in [0.25, 0.3) is 11.2 Å². The van der Waals surface area contributed by atoms with Gasteiger partial charge in [-0.3, -0.25) is 4.79 Å². The second-order valence-corrected chi connectivity index (χ2v) is 9.18. The molecule has 9 nitrogen and oxygen atoms in total. The third-order valence-corrected chi connectivity index (χ3v) is 5.98. The second-order valence-electron chi connectivity index (χ2n) is 9.18. The molecule has 2 atom stereocenters. The van der Waals surface area contributed by atoms with E-state index in [9.17, 15) is 18.0 Å². The lowest BCUT2D eigenvalue weighted by atomic mass is 10.1. The Balaban J connectivity index is 1.40. The molecule has 1 amide bonds. The molecule has 2 aromatic heterocycles. The maximum Gasteiger partial charge on any atom is 0.416 e. The number of amides is 1. The fourth-order valence-corrected chi connectivity index (χ4v) is 4.31. The van der Waals surface area contributed by atoms with Crippen LogP contribution in [-0.4, -0.2) is 50.7 Å². The van der Waals surface area contributed by atoms with Gasteiger partial charge in [0.15, 0.2) is 11.2 Å². The van der Waals surface area contributed by atoms with E-state index in [-0.39, 0.29) is 23.7 Å². The van der Waals surface area contributed by atoms with Crippen LogP contribution in [0.15, 0.2) is 54.9 Å². The number of rotatable bonds is 5. The molecule has 2 unspecified atom stereocenters. The van der Waals surface area contributed by atoms with Crippen molar-refractivity contribution in [3.05, 3.63) is 66.0 Å². The predicted molar refractivity (Wildman–Crippen MR) is 134 cm³/mol. The number of hydrogen-bond donors (Lipinski definition) is 1. The standard InChI is InChI=1S/C26H25F3N6O3/c1-15-12-35(13-16(2)37-15)25-32-22-21(30-14-34(22)3)24(33-25)38-20-9-5-8-19(11-20)31-23(36)17-6-4-7-18(10-17)26(27,28)29/h4-11,14-16H,12-13H2,1-3H3,(H,31,36). The van der Waals surface area contributed by atoms with E-state index >= 15 is 0 Å². The number of nitrogens with one attached hydrogen (secondary N) is 1. The topological polar surface area (TPSA) is 94.4 Å². The number of anilines is 2. The molecular formula is C26H25F3N6O3. The van der Waals surface area contributed by atoms with Crippen LogP contribution in [0.2, 0.25) is 0 Å². The Bertz CT molecular complexity index is 1480. The zero-order chi connectivity index (χ0) is 27.0. The summed E-state index contributed by atoms with van der Waals surface area (Å²) in [6, 6.07) is 10.7. The number of fused-ring (bicyclic) bond motifs is 1. The van der Waals surface area contributed by atoms with Gasteiger partial charge in [-0.2, -0.15) is 23.1 Å². The molecule has 3 heterocycles. The molecule has 198 valence electrons. The second kappa shape index (κ2) is 9.93. The first-order valence-corrected chi connectivity index (χ1v) is 11.9. The summed E-state index contributed by atoms with van der Waals surface area (Å²) < 4.78 is 52.8. The first kappa shape index (κ1) is 25.5. The number of hydrogen-bond acceptors (Lipinski definition) is 7. The molecule has 1 aliphatic heterocycles. The van der Waals surface area contributed by atoms with Crippen LogP contribution in [-0.2, 0) is 18.0 Å². The number of carbonyl (C=O) groups is 1. The largest absolute Gasteiger partial charge is 0.437 e. The molecule has 2 aromatic carbocycles. The first-order valence-electron chi connectivity index (χ1n) is 11.9. The van der Waals surface area contributed by atoms with Crippen molar-refractivity contribution in [2.75, 3.05) is 23.3 Å². The van der Waals surface area contributed by atoms with E-state index in [1.54, 1.807) is 35.2 Å². The molecule has 12 heteroatoms. The summed E-state index contributed by atoms with van der Waals surface area (Å²) in [5.74, 6) is 0.387. The minimum Gasteiger partial charge on any atom is -0.437 e. The fraction of sp³-hybridized carbons (Fsp3) is 0.308. The normalized spacial score (nSPS) is 18.0. The zero-order valence-corrected chi connectivity index (χ0v) is 20.9. The van der Waals surface area contributed by atoms with E-state index in [2.05, 4.69) is 20.3 Å². The third kappa shape index (κ3) is 5.40. The fourth-order valence-electron chi connectivity index (χ4n) is 4.31. The Hall–Kier alpha value is -4.19. The lowest BCUT2D eigenvalue weighted by molar-refractivity contribution is -0.137. The van der Waals surface area contributed by atoms with Crippen molar-refractivity contribution in [2.24, 2.45) is 7.05 Å². The number of aryl methyl sites for hydroxylation is 1. The van der Waals surface area contributed by atoms with Crippen molar-refractivity contribution in [3.63, 3.8) is 0 Å². The van der Waals surface area contributed by atoms with Crippen molar-refractivity contribution in [3.8, 4) is 11.6 Å². The highest BCUT2D eigenvalue weighted by atomic mass is 19.4. The van der Waals surface area contributed by atoms with Gasteiger partial charge in [-0.25, -0.2) is 4.98 Å². The van der Waals surface area contributed by atoms with Gasteiger partial charge in [-0.15, -0.1) is 0 Å². The number of halogens is 3. The molecule has 38 heavy (non-hydrogen) atoms. The summed E-state index contributed by atoms with van der Waals surface area (Å²) in [5, 5.41) is 2.62. The Morgan fingerprint density at radius 1 is 1.08 bits per heavy atom. The lowest BCUT2D eigenvalue weighted by Gasteiger charge is -2.35. The van der Waals surface area contributed by atoms with Crippen molar-refractivity contribution in [2.45, 2.75) is 32.2 Å². The van der Waals surface area contributed by atoms with Crippen molar-refractivity contribution >= 4 is 28.7 Å². The molecule has 0 saturated carbocycles. The summed E-state index contributed by atoms with van der Waals surface area (Å²) in [6.45, 7) is 5.21. The maximum atomic E-state index is 13.0. The summed E-state index contributed by atoms with van der Waals surface area (Å²) in [7, 11) is 1.82. The van der Waals surface area contributed by atoms with Crippen molar-refractivity contribution < 1.29 is 27.4 Å². The number of carbonyl (C=O) groups excluding carboxylic acids is 1. The third-order valence-electron chi connectivity index (χ3n) is 5.98. The smallest absolute Gasteiger partial charge is 0.416 e. The van der Waals surface area contributed by atoms with Gasteiger partial charge in [-0.1, -0.05) is 12.1 Å². The van der Waals surface area contributed by atoms with E-state index in [4.69, 9.17) is 9.47 Å². The predicted octanol–water partition coefficient (Wildman–Crippen LogP) is 5.04. The van der Waals surface area contributed by atoms with Gasteiger partial charge < -0.3 is 24.3 Å². The van der Waals surface area contributed by atoms with Gasteiger partial charge in [0.2, 0.25) is 5.95 Å². The monoisotopic (exact) mass is 526 g/mol. The SMILES string of the molecule is CC1CN(c2nc(Oc3cccc(NC(=O)c4cccc(C(F)(F)F)c4)c3)c3ncn(C)c3n2)CC(C)O1. The Kier molecular flexibility index (Phi) is 6.66. The molecule has 0 aliphatic carbocycles. The van der Waals surface area contributed by atoms with E-state index < -0.39 is 17.6 Å². The van der Waals surface area contributed by atoms with Gasteiger partial charge in [-0.05, 0) is 44.2 Å². The molecule has 0 radical (unpaired) electrons. The summed E-state index contributed by atoms with van der Waals surface area (Å²) in [6.07, 6.45) is -2.92. The number of alkyl halides is 3. The molecule has 1 N–H and O–H groups in total. The lowest BCUT2D eigenvalue weighted by Crippen LogP contribution is -2.46. The average molecular weight is 527 g/mol. The summed E-state index contributed by atoms with van der Waals surface area (Å²) >= 11 is 0. The summed E-state index contributed by atoms with van der Waals surface area (Å²) in [5.41, 5.74) is 0.378. The average Bonchev–Trinajstić information content (AvgIpc) is 3.24. The quantitative estimate of drug-likeness (QED) is 0.389. The highest BCUT2D eigenvalue weighted by Crippen LogP contribution is 2.32. The molecular weight excluding hydrogens is 501 g/mol. The Morgan fingerprint density at radius 2 is 1.82 bits per heavy atom. The van der Waals surface area contributed by atoms with Crippen LogP contribution in [0.4, 0.5) is 24.8 Å².